The molecule has 4 aromatic rings. The van der Waals surface area contributed by atoms with Gasteiger partial charge in [-0.3, -0.25) is 5.10 Å². The molecule has 4 rings (SSSR count). The van der Waals surface area contributed by atoms with Crippen LogP contribution < -0.4 is 5.73 Å². The molecular weight excluding hydrogens is 262 g/mol. The summed E-state index contributed by atoms with van der Waals surface area (Å²) in [4.78, 5) is 0. The van der Waals surface area contributed by atoms with Gasteiger partial charge in [0.1, 0.15) is 11.5 Å². The van der Waals surface area contributed by atoms with Crippen LogP contribution in [0.3, 0.4) is 0 Å². The Kier molecular flexibility index (Phi) is 2.50. The lowest BCUT2D eigenvalue weighted by atomic mass is 10.1. The molecule has 0 fully saturated rings. The van der Waals surface area contributed by atoms with Crippen LogP contribution in [-0.4, -0.2) is 20.0 Å². The Balaban J connectivity index is 2.03. The Bertz CT molecular complexity index is 890. The molecule has 0 spiro atoms. The van der Waals surface area contributed by atoms with Crippen molar-refractivity contribution in [1.29, 1.82) is 0 Å². The highest BCUT2D eigenvalue weighted by Gasteiger charge is 2.18. The predicted molar refractivity (Wildman–Crippen MR) is 83.1 cm³/mol. The van der Waals surface area contributed by atoms with E-state index in [0.717, 1.165) is 28.0 Å². The fourth-order valence-corrected chi connectivity index (χ4v) is 2.48. The first-order valence-corrected chi connectivity index (χ1v) is 6.68. The summed E-state index contributed by atoms with van der Waals surface area (Å²) >= 11 is 0. The Morgan fingerprint density at radius 3 is 2.29 bits per heavy atom. The molecule has 102 valence electrons. The number of rotatable bonds is 2. The number of benzene rings is 2. The average molecular weight is 275 g/mol. The summed E-state index contributed by atoms with van der Waals surface area (Å²) in [6.45, 7) is 0. The molecule has 0 amide bonds. The predicted octanol–water partition coefficient (Wildman–Crippen LogP) is 3.00. The third-order valence-electron chi connectivity index (χ3n) is 3.46. The molecule has 0 atom stereocenters. The van der Waals surface area contributed by atoms with Crippen molar-refractivity contribution in [2.75, 3.05) is 5.73 Å². The van der Waals surface area contributed by atoms with Crippen LogP contribution in [0.4, 0.5) is 5.82 Å². The second kappa shape index (κ2) is 4.49. The van der Waals surface area contributed by atoms with Gasteiger partial charge in [0.15, 0.2) is 5.65 Å². The number of nitrogens with zero attached hydrogens (tertiary/aromatic N) is 3. The Morgan fingerprint density at radius 1 is 0.905 bits per heavy atom. The van der Waals surface area contributed by atoms with Gasteiger partial charge in [0.05, 0.1) is 11.1 Å². The summed E-state index contributed by atoms with van der Waals surface area (Å²) in [7, 11) is 0. The molecule has 3 N–H and O–H groups in total. The molecule has 2 aromatic carbocycles. The zero-order valence-electron chi connectivity index (χ0n) is 11.2. The SMILES string of the molecule is Nc1[nH]nc2c1c(-c1ccccc1)nn2-c1ccccc1. The molecule has 5 nitrogen and oxygen atoms in total. The number of fused-ring (bicyclic) bond motifs is 1. The van der Waals surface area contributed by atoms with Gasteiger partial charge in [-0.05, 0) is 12.1 Å². The number of para-hydroxylation sites is 1. The maximum Gasteiger partial charge on any atom is 0.187 e. The van der Waals surface area contributed by atoms with Crippen molar-refractivity contribution >= 4 is 16.9 Å². The van der Waals surface area contributed by atoms with Crippen LogP contribution in [0, 0.1) is 0 Å². The largest absolute Gasteiger partial charge is 0.383 e. The number of hydrogen-bond donors (Lipinski definition) is 2. The molecular formula is C16H13N5. The molecule has 0 aliphatic carbocycles. The van der Waals surface area contributed by atoms with E-state index in [1.165, 1.54) is 0 Å². The highest BCUT2D eigenvalue weighted by Crippen LogP contribution is 2.31. The normalized spacial score (nSPS) is 11.0. The lowest BCUT2D eigenvalue weighted by Crippen LogP contribution is -1.97. The van der Waals surface area contributed by atoms with E-state index in [4.69, 9.17) is 10.8 Å². The summed E-state index contributed by atoms with van der Waals surface area (Å²) in [5.74, 6) is 0.533. The number of aromatic amines is 1. The van der Waals surface area contributed by atoms with Crippen LogP contribution in [0.15, 0.2) is 60.7 Å². The van der Waals surface area contributed by atoms with Crippen LogP contribution in [0.5, 0.6) is 0 Å². The topological polar surface area (TPSA) is 72.5 Å². The molecule has 0 aliphatic heterocycles. The maximum absolute atomic E-state index is 6.03. The molecule has 0 bridgehead atoms. The maximum atomic E-state index is 6.03. The van der Waals surface area contributed by atoms with Gasteiger partial charge in [-0.25, -0.2) is 4.68 Å². The van der Waals surface area contributed by atoms with E-state index < -0.39 is 0 Å². The van der Waals surface area contributed by atoms with Gasteiger partial charge in [-0.15, -0.1) is 0 Å². The third kappa shape index (κ3) is 1.79. The molecule has 0 aliphatic rings. The van der Waals surface area contributed by atoms with Crippen LogP contribution in [-0.2, 0) is 0 Å². The van der Waals surface area contributed by atoms with E-state index in [9.17, 15) is 0 Å². The number of nitrogens with two attached hydrogens (primary N) is 1. The van der Waals surface area contributed by atoms with Crippen LogP contribution in [0.1, 0.15) is 0 Å². The van der Waals surface area contributed by atoms with Gasteiger partial charge in [-0.2, -0.15) is 10.2 Å². The average Bonchev–Trinajstić information content (AvgIpc) is 3.10. The molecule has 21 heavy (non-hydrogen) atoms. The first-order valence-electron chi connectivity index (χ1n) is 6.68. The molecule has 0 saturated carbocycles. The second-order valence-corrected chi connectivity index (χ2v) is 4.80. The first-order chi connectivity index (χ1) is 10.3. The summed E-state index contributed by atoms with van der Waals surface area (Å²) in [5.41, 5.74) is 9.58. The van der Waals surface area contributed by atoms with Crippen molar-refractivity contribution in [2.45, 2.75) is 0 Å². The minimum Gasteiger partial charge on any atom is -0.383 e. The Hall–Kier alpha value is -3.08. The minimum absolute atomic E-state index is 0.533. The van der Waals surface area contributed by atoms with Gasteiger partial charge >= 0.3 is 0 Å². The van der Waals surface area contributed by atoms with Crippen molar-refractivity contribution in [2.24, 2.45) is 0 Å². The number of nitrogen functional groups attached to an aromatic ring is 1. The fraction of sp³-hybridized carbons (Fsp3) is 0. The van der Waals surface area contributed by atoms with Gasteiger partial charge in [-0.1, -0.05) is 48.5 Å². The third-order valence-corrected chi connectivity index (χ3v) is 3.46. The highest BCUT2D eigenvalue weighted by atomic mass is 15.4. The number of aromatic nitrogens is 4. The minimum atomic E-state index is 0.533. The Labute approximate surface area is 121 Å². The zero-order chi connectivity index (χ0) is 14.2. The monoisotopic (exact) mass is 275 g/mol. The van der Waals surface area contributed by atoms with Gasteiger partial charge in [0.25, 0.3) is 0 Å². The first kappa shape index (κ1) is 11.7. The second-order valence-electron chi connectivity index (χ2n) is 4.80. The van der Waals surface area contributed by atoms with Crippen LogP contribution >= 0.6 is 0 Å². The summed E-state index contributed by atoms with van der Waals surface area (Å²) in [6.07, 6.45) is 0. The highest BCUT2D eigenvalue weighted by molar-refractivity contribution is 5.99. The Morgan fingerprint density at radius 2 is 1.57 bits per heavy atom. The number of H-pyrrole nitrogens is 1. The van der Waals surface area contributed by atoms with Crippen molar-refractivity contribution in [3.63, 3.8) is 0 Å². The zero-order valence-corrected chi connectivity index (χ0v) is 11.2. The molecule has 0 unspecified atom stereocenters. The van der Waals surface area contributed by atoms with Crippen molar-refractivity contribution in [3.05, 3.63) is 60.7 Å². The number of hydrogen-bond acceptors (Lipinski definition) is 3. The van der Waals surface area contributed by atoms with E-state index in [-0.39, 0.29) is 0 Å². The molecule has 0 saturated heterocycles. The molecule has 5 heteroatoms. The van der Waals surface area contributed by atoms with E-state index >= 15 is 0 Å². The fourth-order valence-electron chi connectivity index (χ4n) is 2.48. The van der Waals surface area contributed by atoms with Crippen LogP contribution in [0.2, 0.25) is 0 Å². The molecule has 2 aromatic heterocycles. The van der Waals surface area contributed by atoms with Crippen molar-refractivity contribution in [1.82, 2.24) is 20.0 Å². The van der Waals surface area contributed by atoms with E-state index in [1.54, 1.807) is 0 Å². The van der Waals surface area contributed by atoms with Gasteiger partial charge in [0.2, 0.25) is 0 Å². The molecule has 0 radical (unpaired) electrons. The molecule has 2 heterocycles. The van der Waals surface area contributed by atoms with Gasteiger partial charge < -0.3 is 5.73 Å². The lowest BCUT2D eigenvalue weighted by Gasteiger charge is -2.00. The van der Waals surface area contributed by atoms with Crippen molar-refractivity contribution < 1.29 is 0 Å². The van der Waals surface area contributed by atoms with E-state index in [0.29, 0.717) is 5.82 Å². The van der Waals surface area contributed by atoms with E-state index in [2.05, 4.69) is 10.2 Å². The summed E-state index contributed by atoms with van der Waals surface area (Å²) < 4.78 is 1.81. The van der Waals surface area contributed by atoms with Gasteiger partial charge in [0, 0.05) is 5.56 Å². The number of nitrogens with one attached hydrogen (secondary N) is 1. The smallest absolute Gasteiger partial charge is 0.187 e. The lowest BCUT2D eigenvalue weighted by molar-refractivity contribution is 0.887. The standard InChI is InChI=1S/C16H13N5/c17-15-13-14(11-7-3-1-4-8-11)20-21(16(13)19-18-15)12-9-5-2-6-10-12/h1-10H,(H3,17,18,19). The quantitative estimate of drug-likeness (QED) is 0.590. The summed E-state index contributed by atoms with van der Waals surface area (Å²) in [5, 5.41) is 12.7. The van der Waals surface area contributed by atoms with E-state index in [1.807, 2.05) is 65.3 Å². The summed E-state index contributed by atoms with van der Waals surface area (Å²) in [6, 6.07) is 19.9. The number of anilines is 1. The van der Waals surface area contributed by atoms with Crippen LogP contribution in [0.25, 0.3) is 28.0 Å². The van der Waals surface area contributed by atoms with Crippen molar-refractivity contribution in [3.8, 4) is 16.9 Å².